The van der Waals surface area contributed by atoms with Crippen LogP contribution in [0.1, 0.15) is 12.5 Å². The van der Waals surface area contributed by atoms with Gasteiger partial charge in [0.25, 0.3) is 0 Å². The molecular weight excluding hydrogens is 220 g/mol. The van der Waals surface area contributed by atoms with Crippen LogP contribution in [0.2, 0.25) is 0 Å². The van der Waals surface area contributed by atoms with Gasteiger partial charge in [0.2, 0.25) is 0 Å². The van der Waals surface area contributed by atoms with Crippen molar-refractivity contribution in [2.75, 3.05) is 0 Å². The molecule has 86 valence electrons. The highest BCUT2D eigenvalue weighted by atomic mass is 16.5. The Morgan fingerprint density at radius 3 is 2.94 bits per heavy atom. The maximum Gasteiger partial charge on any atom is 0.308 e. The van der Waals surface area contributed by atoms with Crippen molar-refractivity contribution in [2.24, 2.45) is 0 Å². The molecule has 2 rings (SSSR count). The van der Waals surface area contributed by atoms with Gasteiger partial charge in [-0.05, 0) is 28.6 Å². The molecule has 6 nitrogen and oxygen atoms in total. The van der Waals surface area contributed by atoms with Crippen LogP contribution in [-0.2, 0) is 4.79 Å². The Balaban J connectivity index is 2.41. The van der Waals surface area contributed by atoms with Crippen LogP contribution < -0.4 is 4.74 Å². The number of benzene rings is 1. The van der Waals surface area contributed by atoms with Crippen molar-refractivity contribution in [2.45, 2.75) is 6.92 Å². The molecule has 2 aromatic rings. The number of ether oxygens (including phenoxy) is 1. The second kappa shape index (κ2) is 4.56. The first-order valence-electron chi connectivity index (χ1n) is 4.89. The minimum atomic E-state index is -0.372. The van der Waals surface area contributed by atoms with Gasteiger partial charge < -0.3 is 4.74 Å². The zero-order valence-corrected chi connectivity index (χ0v) is 9.20. The Hall–Kier alpha value is -2.50. The van der Waals surface area contributed by atoms with Crippen LogP contribution in [-0.4, -0.2) is 26.2 Å². The molecule has 0 bridgehead atoms. The molecule has 0 unspecified atom stereocenters. The van der Waals surface area contributed by atoms with Crippen molar-refractivity contribution in [3.8, 4) is 11.4 Å². The van der Waals surface area contributed by atoms with E-state index in [1.807, 2.05) is 0 Å². The third-order valence-electron chi connectivity index (χ3n) is 2.08. The van der Waals surface area contributed by atoms with E-state index in [9.17, 15) is 4.79 Å². The number of nitrogens with zero attached hydrogens (tertiary/aromatic N) is 4. The van der Waals surface area contributed by atoms with Crippen molar-refractivity contribution in [1.29, 1.82) is 0 Å². The highest BCUT2D eigenvalue weighted by Gasteiger charge is 2.06. The summed E-state index contributed by atoms with van der Waals surface area (Å²) in [5.74, 6) is 0.0904. The summed E-state index contributed by atoms with van der Waals surface area (Å²) in [6.07, 6.45) is 3.08. The summed E-state index contributed by atoms with van der Waals surface area (Å²) in [6.45, 7) is 5.02. The van der Waals surface area contributed by atoms with Crippen molar-refractivity contribution in [1.82, 2.24) is 20.2 Å². The zero-order chi connectivity index (χ0) is 12.3. The van der Waals surface area contributed by atoms with Crippen LogP contribution in [0.25, 0.3) is 11.8 Å². The van der Waals surface area contributed by atoms with Crippen molar-refractivity contribution >= 4 is 12.0 Å². The van der Waals surface area contributed by atoms with Crippen LogP contribution in [0.15, 0.2) is 31.1 Å². The fourth-order valence-corrected chi connectivity index (χ4v) is 1.37. The summed E-state index contributed by atoms with van der Waals surface area (Å²) in [6, 6.07) is 5.21. The number of carbonyl (C=O) groups excluding carboxylic acids is 1. The third kappa shape index (κ3) is 2.36. The topological polar surface area (TPSA) is 69.9 Å². The first-order chi connectivity index (χ1) is 8.20. The van der Waals surface area contributed by atoms with Crippen LogP contribution in [0, 0.1) is 0 Å². The van der Waals surface area contributed by atoms with Gasteiger partial charge in [-0.15, -0.1) is 5.10 Å². The number of tetrazole rings is 1. The number of esters is 1. The summed E-state index contributed by atoms with van der Waals surface area (Å²) in [5.41, 5.74) is 1.47. The largest absolute Gasteiger partial charge is 0.426 e. The number of hydrogen-bond acceptors (Lipinski definition) is 5. The lowest BCUT2D eigenvalue weighted by Crippen LogP contribution is -2.03. The van der Waals surface area contributed by atoms with E-state index >= 15 is 0 Å². The van der Waals surface area contributed by atoms with E-state index in [1.165, 1.54) is 17.9 Å². The molecular formula is C11H10N4O2. The second-order valence-electron chi connectivity index (χ2n) is 3.27. The Labute approximate surface area is 97.5 Å². The quantitative estimate of drug-likeness (QED) is 0.586. The lowest BCUT2D eigenvalue weighted by Gasteiger charge is -2.07. The standard InChI is InChI=1S/C11H10N4O2/c1-3-9-6-10(15-7-12-13-14-15)4-5-11(9)17-8(2)16/h3-7H,1H2,2H3. The number of rotatable bonds is 3. The van der Waals surface area contributed by atoms with Crippen molar-refractivity contribution in [3.63, 3.8) is 0 Å². The van der Waals surface area contributed by atoms with Gasteiger partial charge in [-0.1, -0.05) is 12.7 Å². The average molecular weight is 230 g/mol. The Morgan fingerprint density at radius 2 is 2.35 bits per heavy atom. The second-order valence-corrected chi connectivity index (χ2v) is 3.27. The van der Waals surface area contributed by atoms with E-state index < -0.39 is 0 Å². The van der Waals surface area contributed by atoms with E-state index in [4.69, 9.17) is 4.74 Å². The van der Waals surface area contributed by atoms with Crippen LogP contribution in [0.5, 0.6) is 5.75 Å². The molecule has 1 aromatic heterocycles. The summed E-state index contributed by atoms with van der Waals surface area (Å²) in [5, 5.41) is 10.9. The summed E-state index contributed by atoms with van der Waals surface area (Å²) in [7, 11) is 0. The molecule has 0 aliphatic carbocycles. The lowest BCUT2D eigenvalue weighted by atomic mass is 10.2. The maximum absolute atomic E-state index is 10.9. The molecule has 0 radical (unpaired) electrons. The minimum Gasteiger partial charge on any atom is -0.426 e. The SMILES string of the molecule is C=Cc1cc(-n2cnnn2)ccc1OC(C)=O. The lowest BCUT2D eigenvalue weighted by molar-refractivity contribution is -0.131. The van der Waals surface area contributed by atoms with Crippen molar-refractivity contribution < 1.29 is 9.53 Å². The molecule has 0 aliphatic rings. The molecule has 0 spiro atoms. The highest BCUT2D eigenvalue weighted by Crippen LogP contribution is 2.22. The predicted octanol–water partition coefficient (Wildman–Crippen LogP) is 1.23. The molecule has 0 saturated carbocycles. The maximum atomic E-state index is 10.9. The average Bonchev–Trinajstić information content (AvgIpc) is 2.82. The highest BCUT2D eigenvalue weighted by molar-refractivity contribution is 5.72. The van der Waals surface area contributed by atoms with Gasteiger partial charge in [-0.2, -0.15) is 0 Å². The van der Waals surface area contributed by atoms with Gasteiger partial charge in [0.1, 0.15) is 12.1 Å². The van der Waals surface area contributed by atoms with Gasteiger partial charge in [0.05, 0.1) is 5.69 Å². The molecule has 0 saturated heterocycles. The van der Waals surface area contributed by atoms with Crippen LogP contribution in [0.3, 0.4) is 0 Å². The summed E-state index contributed by atoms with van der Waals surface area (Å²) < 4.78 is 6.54. The number of carbonyl (C=O) groups is 1. The molecule has 0 amide bonds. The summed E-state index contributed by atoms with van der Waals surface area (Å²) >= 11 is 0. The van der Waals surface area contributed by atoms with Crippen LogP contribution in [0.4, 0.5) is 0 Å². The zero-order valence-electron chi connectivity index (χ0n) is 9.20. The number of aromatic nitrogens is 4. The summed E-state index contributed by atoms with van der Waals surface area (Å²) in [4.78, 5) is 10.9. The van der Waals surface area contributed by atoms with Gasteiger partial charge in [-0.3, -0.25) is 4.79 Å². The van der Waals surface area contributed by atoms with E-state index in [-0.39, 0.29) is 5.97 Å². The fourth-order valence-electron chi connectivity index (χ4n) is 1.37. The Kier molecular flexibility index (Phi) is 2.95. The molecule has 0 atom stereocenters. The first kappa shape index (κ1) is 11.0. The van der Waals surface area contributed by atoms with Crippen LogP contribution >= 0.6 is 0 Å². The van der Waals surface area contributed by atoms with E-state index in [2.05, 4.69) is 22.1 Å². The predicted molar refractivity (Wildman–Crippen MR) is 60.6 cm³/mol. The molecule has 0 fully saturated rings. The minimum absolute atomic E-state index is 0.372. The molecule has 6 heteroatoms. The molecule has 1 heterocycles. The monoisotopic (exact) mass is 230 g/mol. The molecule has 0 aliphatic heterocycles. The van der Waals surface area contributed by atoms with E-state index in [0.29, 0.717) is 11.3 Å². The number of hydrogen-bond donors (Lipinski definition) is 0. The smallest absolute Gasteiger partial charge is 0.308 e. The van der Waals surface area contributed by atoms with Gasteiger partial charge in [0, 0.05) is 12.5 Å². The molecule has 0 N–H and O–H groups in total. The van der Waals surface area contributed by atoms with Gasteiger partial charge >= 0.3 is 5.97 Å². The normalized spacial score (nSPS) is 9.94. The fraction of sp³-hybridized carbons (Fsp3) is 0.0909. The van der Waals surface area contributed by atoms with E-state index in [1.54, 1.807) is 24.3 Å². The molecule has 17 heavy (non-hydrogen) atoms. The van der Waals surface area contributed by atoms with Gasteiger partial charge in [0.15, 0.2) is 0 Å². The Bertz CT molecular complexity index is 549. The Morgan fingerprint density at radius 1 is 1.53 bits per heavy atom. The third-order valence-corrected chi connectivity index (χ3v) is 2.08. The molecule has 1 aromatic carbocycles. The van der Waals surface area contributed by atoms with E-state index in [0.717, 1.165) is 5.69 Å². The van der Waals surface area contributed by atoms with Gasteiger partial charge in [-0.25, -0.2) is 4.68 Å². The van der Waals surface area contributed by atoms with Crippen molar-refractivity contribution in [3.05, 3.63) is 36.7 Å². The first-order valence-corrected chi connectivity index (χ1v) is 4.89.